The van der Waals surface area contributed by atoms with Gasteiger partial charge >= 0.3 is 0 Å². The quantitative estimate of drug-likeness (QED) is 0.788. The Hall–Kier alpha value is -2.21. The molecule has 0 unspecified atom stereocenters. The number of hydrogen-bond acceptors (Lipinski definition) is 4. The summed E-state index contributed by atoms with van der Waals surface area (Å²) in [7, 11) is 0. The summed E-state index contributed by atoms with van der Waals surface area (Å²) in [5, 5.41) is 9.01. The average molecular weight is 356 g/mol. The molecule has 6 heteroatoms. The van der Waals surface area contributed by atoms with Crippen molar-refractivity contribution < 1.29 is 4.79 Å². The Kier molecular flexibility index (Phi) is 6.39. The molecule has 3 rings (SSSR count). The van der Waals surface area contributed by atoms with Crippen LogP contribution in [0.1, 0.15) is 44.7 Å². The third-order valence-electron chi connectivity index (χ3n) is 4.98. The van der Waals surface area contributed by atoms with E-state index in [9.17, 15) is 9.59 Å². The molecule has 2 aromatic rings. The lowest BCUT2D eigenvalue weighted by Gasteiger charge is -2.16. The molecule has 0 bridgehead atoms. The third kappa shape index (κ3) is 4.49. The minimum atomic E-state index is -0.0548. The van der Waals surface area contributed by atoms with Crippen molar-refractivity contribution in [2.24, 2.45) is 0 Å². The molecule has 140 valence electrons. The van der Waals surface area contributed by atoms with Crippen molar-refractivity contribution >= 4 is 16.7 Å². The summed E-state index contributed by atoms with van der Waals surface area (Å²) >= 11 is 0. The van der Waals surface area contributed by atoms with Gasteiger partial charge in [-0.25, -0.2) is 4.68 Å². The second-order valence-electron chi connectivity index (χ2n) is 6.95. The van der Waals surface area contributed by atoms with Crippen molar-refractivity contribution in [1.82, 2.24) is 20.0 Å². The lowest BCUT2D eigenvalue weighted by atomic mass is 10.1. The third-order valence-corrected chi connectivity index (χ3v) is 4.98. The highest BCUT2D eigenvalue weighted by Crippen LogP contribution is 2.13. The molecular formula is C20H28N4O2. The van der Waals surface area contributed by atoms with Crippen LogP contribution in [-0.4, -0.2) is 40.2 Å². The number of likely N-dealkylation sites (tertiary alicyclic amines) is 1. The van der Waals surface area contributed by atoms with Gasteiger partial charge in [-0.05, 0) is 38.4 Å². The molecule has 0 spiro atoms. The largest absolute Gasteiger partial charge is 0.350 e. The van der Waals surface area contributed by atoms with Crippen molar-refractivity contribution in [3.63, 3.8) is 0 Å². The van der Waals surface area contributed by atoms with Crippen molar-refractivity contribution in [3.05, 3.63) is 40.3 Å². The van der Waals surface area contributed by atoms with Crippen LogP contribution in [0, 0.1) is 0 Å². The van der Waals surface area contributed by atoms with E-state index in [1.54, 1.807) is 4.68 Å². The summed E-state index contributed by atoms with van der Waals surface area (Å²) in [5.41, 5.74) is 0.701. The van der Waals surface area contributed by atoms with Crippen LogP contribution in [0.25, 0.3) is 10.8 Å². The van der Waals surface area contributed by atoms with E-state index in [0.717, 1.165) is 43.6 Å². The zero-order chi connectivity index (χ0) is 18.4. The average Bonchev–Trinajstić information content (AvgIpc) is 3.18. The highest BCUT2D eigenvalue weighted by atomic mass is 16.1. The highest BCUT2D eigenvalue weighted by molar-refractivity contribution is 5.84. The van der Waals surface area contributed by atoms with Crippen molar-refractivity contribution in [2.75, 3.05) is 19.6 Å². The van der Waals surface area contributed by atoms with E-state index in [-0.39, 0.29) is 11.5 Å². The molecule has 1 N–H and O–H groups in total. The highest BCUT2D eigenvalue weighted by Gasteiger charge is 2.14. The maximum Gasteiger partial charge on any atom is 0.274 e. The molecular weight excluding hydrogens is 328 g/mol. The second-order valence-corrected chi connectivity index (χ2v) is 6.95. The van der Waals surface area contributed by atoms with Gasteiger partial charge in [0.25, 0.3) is 5.56 Å². The number of fused-ring (bicyclic) bond motifs is 1. The molecule has 0 saturated carbocycles. The molecule has 1 aromatic carbocycles. The smallest absolute Gasteiger partial charge is 0.274 e. The van der Waals surface area contributed by atoms with Gasteiger partial charge in [0, 0.05) is 18.4 Å². The van der Waals surface area contributed by atoms with Crippen LogP contribution >= 0.6 is 0 Å². The number of carbonyl (C=O) groups is 1. The lowest BCUT2D eigenvalue weighted by Crippen LogP contribution is -2.32. The van der Waals surface area contributed by atoms with Gasteiger partial charge in [0.05, 0.1) is 24.2 Å². The summed E-state index contributed by atoms with van der Waals surface area (Å²) in [5.74, 6) is 0.0348. The molecule has 1 aliphatic heterocycles. The minimum Gasteiger partial charge on any atom is -0.350 e. The zero-order valence-corrected chi connectivity index (χ0v) is 15.5. The van der Waals surface area contributed by atoms with Gasteiger partial charge in [0.15, 0.2) is 0 Å². The van der Waals surface area contributed by atoms with Gasteiger partial charge in [0.1, 0.15) is 0 Å². The van der Waals surface area contributed by atoms with Crippen LogP contribution in [0.2, 0.25) is 0 Å². The van der Waals surface area contributed by atoms with E-state index in [1.807, 2.05) is 24.3 Å². The van der Waals surface area contributed by atoms with E-state index in [0.29, 0.717) is 24.9 Å². The molecule has 0 aliphatic carbocycles. The van der Waals surface area contributed by atoms with Crippen molar-refractivity contribution in [2.45, 2.75) is 52.1 Å². The maximum absolute atomic E-state index is 12.8. The van der Waals surface area contributed by atoms with Crippen LogP contribution < -0.4 is 10.9 Å². The Balaban J connectivity index is 1.80. The Morgan fingerprint density at radius 3 is 2.62 bits per heavy atom. The molecule has 26 heavy (non-hydrogen) atoms. The molecule has 1 saturated heterocycles. The summed E-state index contributed by atoms with van der Waals surface area (Å²) in [6.45, 7) is 6.05. The predicted molar refractivity (Wildman–Crippen MR) is 103 cm³/mol. The van der Waals surface area contributed by atoms with Gasteiger partial charge in [-0.2, -0.15) is 5.10 Å². The summed E-state index contributed by atoms with van der Waals surface area (Å²) < 4.78 is 1.56. The fourth-order valence-electron chi connectivity index (χ4n) is 3.44. The lowest BCUT2D eigenvalue weighted by molar-refractivity contribution is -0.121. The van der Waals surface area contributed by atoms with Crippen LogP contribution in [0.15, 0.2) is 29.1 Å². The number of benzene rings is 1. The summed E-state index contributed by atoms with van der Waals surface area (Å²) in [6.07, 6.45) is 4.87. The molecule has 1 aromatic heterocycles. The van der Waals surface area contributed by atoms with Gasteiger partial charge in [0.2, 0.25) is 5.91 Å². The van der Waals surface area contributed by atoms with E-state index < -0.39 is 0 Å². The van der Waals surface area contributed by atoms with Gasteiger partial charge < -0.3 is 10.2 Å². The van der Waals surface area contributed by atoms with Crippen LogP contribution in [-0.2, 0) is 17.9 Å². The maximum atomic E-state index is 12.8. The number of amides is 1. The first-order valence-corrected chi connectivity index (χ1v) is 9.67. The van der Waals surface area contributed by atoms with Crippen LogP contribution in [0.3, 0.4) is 0 Å². The number of unbranched alkanes of at least 4 members (excludes halogenated alkanes) is 1. The number of carbonyl (C=O) groups excluding carboxylic acids is 1. The number of aromatic nitrogens is 2. The normalized spacial score (nSPS) is 14.8. The molecule has 1 fully saturated rings. The molecule has 0 atom stereocenters. The first-order valence-electron chi connectivity index (χ1n) is 9.67. The standard InChI is InChI=1S/C20H28N4O2/c1-2-3-10-19(25)21-15-18-16-8-4-5-9-17(16)20(26)24(22-18)14-13-23-11-6-7-12-23/h4-5,8-9H,2-3,6-7,10-15H2,1H3,(H,21,25). The number of nitrogens with one attached hydrogen (secondary N) is 1. The fraction of sp³-hybridized carbons (Fsp3) is 0.550. The van der Waals surface area contributed by atoms with Crippen molar-refractivity contribution in [3.8, 4) is 0 Å². The van der Waals surface area contributed by atoms with Gasteiger partial charge in [-0.3, -0.25) is 9.59 Å². The van der Waals surface area contributed by atoms with E-state index in [1.165, 1.54) is 12.8 Å². The molecule has 1 amide bonds. The Labute approximate surface area is 154 Å². The molecule has 0 radical (unpaired) electrons. The zero-order valence-electron chi connectivity index (χ0n) is 15.5. The Bertz CT molecular complexity index is 809. The number of rotatable bonds is 8. The van der Waals surface area contributed by atoms with E-state index in [2.05, 4.69) is 22.2 Å². The SMILES string of the molecule is CCCCC(=O)NCc1nn(CCN2CCCC2)c(=O)c2ccccc12. The van der Waals surface area contributed by atoms with Crippen LogP contribution in [0.4, 0.5) is 0 Å². The minimum absolute atomic E-state index is 0.0348. The predicted octanol–water partition coefficient (Wildman–Crippen LogP) is 2.30. The van der Waals surface area contributed by atoms with Crippen LogP contribution in [0.5, 0.6) is 0 Å². The van der Waals surface area contributed by atoms with E-state index in [4.69, 9.17) is 0 Å². The molecule has 1 aliphatic rings. The molecule has 6 nitrogen and oxygen atoms in total. The first-order chi connectivity index (χ1) is 12.7. The fourth-order valence-corrected chi connectivity index (χ4v) is 3.44. The van der Waals surface area contributed by atoms with E-state index >= 15 is 0 Å². The second kappa shape index (κ2) is 8.94. The Morgan fingerprint density at radius 1 is 1.15 bits per heavy atom. The number of hydrogen-bond donors (Lipinski definition) is 1. The van der Waals surface area contributed by atoms with Gasteiger partial charge in [-0.15, -0.1) is 0 Å². The Morgan fingerprint density at radius 2 is 1.88 bits per heavy atom. The van der Waals surface area contributed by atoms with Gasteiger partial charge in [-0.1, -0.05) is 31.5 Å². The summed E-state index contributed by atoms with van der Waals surface area (Å²) in [4.78, 5) is 27.1. The summed E-state index contributed by atoms with van der Waals surface area (Å²) in [6, 6.07) is 7.52. The molecule has 2 heterocycles. The first kappa shape index (κ1) is 18.6. The topological polar surface area (TPSA) is 67.2 Å². The van der Waals surface area contributed by atoms with Crippen molar-refractivity contribution in [1.29, 1.82) is 0 Å². The number of nitrogens with zero attached hydrogens (tertiary/aromatic N) is 3. The monoisotopic (exact) mass is 356 g/mol.